The van der Waals surface area contributed by atoms with E-state index in [9.17, 15) is 4.79 Å². The Hall–Kier alpha value is -2.08. The summed E-state index contributed by atoms with van der Waals surface area (Å²) >= 11 is 0. The van der Waals surface area contributed by atoms with Gasteiger partial charge < -0.3 is 15.2 Å². The summed E-state index contributed by atoms with van der Waals surface area (Å²) in [5.41, 5.74) is 2.30. The highest BCUT2D eigenvalue weighted by Gasteiger charge is 2.20. The van der Waals surface area contributed by atoms with Crippen LogP contribution < -0.4 is 10.6 Å². The molecule has 2 aromatic rings. The van der Waals surface area contributed by atoms with Gasteiger partial charge in [0.15, 0.2) is 0 Å². The van der Waals surface area contributed by atoms with E-state index in [4.69, 9.17) is 0 Å². The van der Waals surface area contributed by atoms with E-state index < -0.39 is 0 Å². The highest BCUT2D eigenvalue weighted by Crippen LogP contribution is 2.22. The molecule has 1 fully saturated rings. The smallest absolute Gasteiger partial charge is 0.272 e. The number of nitrogens with zero attached hydrogens (tertiary/aromatic N) is 3. The number of nitrogens with one attached hydrogen (secondary N) is 2. The van der Waals surface area contributed by atoms with Crippen LogP contribution in [0.1, 0.15) is 35.1 Å². The van der Waals surface area contributed by atoms with Gasteiger partial charge in [-0.15, -0.1) is 0 Å². The van der Waals surface area contributed by atoms with Crippen molar-refractivity contribution >= 4 is 11.6 Å². The van der Waals surface area contributed by atoms with Crippen molar-refractivity contribution in [2.45, 2.75) is 25.8 Å². The largest absolute Gasteiger partial charge is 0.340 e. The Morgan fingerprint density at radius 2 is 2.19 bits per heavy atom. The predicted octanol–water partition coefficient (Wildman–Crippen LogP) is 1.71. The Kier molecular flexibility index (Phi) is 3.79. The lowest BCUT2D eigenvalue weighted by molar-refractivity contribution is 0.101. The molecular formula is C15H21N5O. The third-order valence-corrected chi connectivity index (χ3v) is 3.98. The number of piperidine rings is 1. The number of amides is 1. The molecule has 1 aliphatic heterocycles. The fourth-order valence-corrected chi connectivity index (χ4v) is 2.90. The van der Waals surface area contributed by atoms with Gasteiger partial charge in [0.25, 0.3) is 5.91 Å². The summed E-state index contributed by atoms with van der Waals surface area (Å²) in [4.78, 5) is 12.5. The van der Waals surface area contributed by atoms with Gasteiger partial charge in [-0.05, 0) is 45.0 Å². The fourth-order valence-electron chi connectivity index (χ4n) is 2.90. The monoisotopic (exact) mass is 287 g/mol. The number of aromatic nitrogens is 3. The van der Waals surface area contributed by atoms with Gasteiger partial charge in [0.1, 0.15) is 5.69 Å². The molecular weight excluding hydrogens is 266 g/mol. The van der Waals surface area contributed by atoms with Crippen molar-refractivity contribution in [2.75, 3.05) is 18.4 Å². The lowest BCUT2D eigenvalue weighted by atomic mass is 10.1. The molecule has 3 heterocycles. The summed E-state index contributed by atoms with van der Waals surface area (Å²) in [5.74, 6) is -0.0744. The van der Waals surface area contributed by atoms with Crippen LogP contribution in [-0.2, 0) is 7.05 Å². The van der Waals surface area contributed by atoms with Crippen LogP contribution >= 0.6 is 0 Å². The summed E-state index contributed by atoms with van der Waals surface area (Å²) in [6, 6.07) is 4.22. The van der Waals surface area contributed by atoms with E-state index in [-0.39, 0.29) is 5.91 Å². The summed E-state index contributed by atoms with van der Waals surface area (Å²) in [6.07, 6.45) is 5.94. The molecule has 0 saturated carbocycles. The maximum Gasteiger partial charge on any atom is 0.272 e. The Morgan fingerprint density at radius 1 is 1.43 bits per heavy atom. The van der Waals surface area contributed by atoms with Crippen molar-refractivity contribution in [1.29, 1.82) is 0 Å². The van der Waals surface area contributed by atoms with Crippen LogP contribution in [0.25, 0.3) is 0 Å². The zero-order valence-electron chi connectivity index (χ0n) is 12.5. The molecule has 3 rings (SSSR count). The van der Waals surface area contributed by atoms with Crippen molar-refractivity contribution in [3.63, 3.8) is 0 Å². The Morgan fingerprint density at radius 3 is 2.86 bits per heavy atom. The van der Waals surface area contributed by atoms with Crippen molar-refractivity contribution < 1.29 is 4.79 Å². The summed E-state index contributed by atoms with van der Waals surface area (Å²) in [7, 11) is 1.85. The Labute approximate surface area is 124 Å². The summed E-state index contributed by atoms with van der Waals surface area (Å²) < 4.78 is 3.80. The third-order valence-electron chi connectivity index (χ3n) is 3.98. The minimum atomic E-state index is -0.0744. The number of rotatable bonds is 3. The lowest BCUT2D eigenvalue weighted by Gasteiger charge is -2.25. The Bertz CT molecular complexity index is 636. The predicted molar refractivity (Wildman–Crippen MR) is 81.5 cm³/mol. The first-order valence-electron chi connectivity index (χ1n) is 7.34. The summed E-state index contributed by atoms with van der Waals surface area (Å²) in [5, 5.41) is 10.5. The van der Waals surface area contributed by atoms with Crippen molar-refractivity contribution in [3.8, 4) is 0 Å². The second kappa shape index (κ2) is 5.73. The highest BCUT2D eigenvalue weighted by atomic mass is 16.2. The van der Waals surface area contributed by atoms with E-state index in [1.807, 2.05) is 38.5 Å². The van der Waals surface area contributed by atoms with Crippen LogP contribution in [0, 0.1) is 6.92 Å². The normalized spacial score (nSPS) is 16.1. The molecule has 2 N–H and O–H groups in total. The van der Waals surface area contributed by atoms with Crippen molar-refractivity contribution in [2.24, 2.45) is 7.05 Å². The maximum atomic E-state index is 12.5. The average Bonchev–Trinajstić information content (AvgIpc) is 3.07. The fraction of sp³-hybridized carbons (Fsp3) is 0.467. The van der Waals surface area contributed by atoms with E-state index in [0.717, 1.165) is 37.3 Å². The second-order valence-electron chi connectivity index (χ2n) is 5.54. The molecule has 2 aromatic heterocycles. The standard InChI is InChI=1S/C15H21N5O/c1-11-13(10-19(2)18-11)17-15(21)14-4-3-9-20(14)12-5-7-16-8-6-12/h3-4,9-10,12,16H,5-8H2,1-2H3,(H,17,21). The zero-order chi connectivity index (χ0) is 14.8. The van der Waals surface area contributed by atoms with Crippen molar-refractivity contribution in [1.82, 2.24) is 19.7 Å². The number of carbonyl (C=O) groups excluding carboxylic acids is 1. The van der Waals surface area contributed by atoms with Crippen molar-refractivity contribution in [3.05, 3.63) is 35.9 Å². The number of anilines is 1. The molecule has 1 saturated heterocycles. The van der Waals surface area contributed by atoms with Gasteiger partial charge in [-0.2, -0.15) is 5.10 Å². The molecule has 1 aliphatic rings. The van der Waals surface area contributed by atoms with E-state index in [0.29, 0.717) is 11.7 Å². The molecule has 0 spiro atoms. The van der Waals surface area contributed by atoms with Gasteiger partial charge in [-0.1, -0.05) is 0 Å². The molecule has 21 heavy (non-hydrogen) atoms. The molecule has 6 nitrogen and oxygen atoms in total. The van der Waals surface area contributed by atoms with Crippen LogP contribution in [-0.4, -0.2) is 33.3 Å². The van der Waals surface area contributed by atoms with Crippen LogP contribution in [0.4, 0.5) is 5.69 Å². The maximum absolute atomic E-state index is 12.5. The van der Waals surface area contributed by atoms with Crippen LogP contribution in [0.5, 0.6) is 0 Å². The molecule has 0 aliphatic carbocycles. The first-order valence-corrected chi connectivity index (χ1v) is 7.34. The minimum Gasteiger partial charge on any atom is -0.340 e. The molecule has 6 heteroatoms. The second-order valence-corrected chi connectivity index (χ2v) is 5.54. The number of carbonyl (C=O) groups is 1. The van der Waals surface area contributed by atoms with Gasteiger partial charge >= 0.3 is 0 Å². The van der Waals surface area contributed by atoms with E-state index in [1.165, 1.54) is 0 Å². The summed E-state index contributed by atoms with van der Waals surface area (Å²) in [6.45, 7) is 3.90. The number of hydrogen-bond acceptors (Lipinski definition) is 3. The number of aryl methyl sites for hydroxylation is 2. The van der Waals surface area contributed by atoms with Gasteiger partial charge in [0, 0.05) is 25.5 Å². The van der Waals surface area contributed by atoms with Gasteiger partial charge in [0.05, 0.1) is 11.4 Å². The molecule has 1 amide bonds. The molecule has 0 bridgehead atoms. The number of hydrogen-bond donors (Lipinski definition) is 2. The minimum absolute atomic E-state index is 0.0744. The van der Waals surface area contributed by atoms with Gasteiger partial charge in [-0.3, -0.25) is 9.48 Å². The SMILES string of the molecule is Cc1nn(C)cc1NC(=O)c1cccn1C1CCNCC1. The molecule has 0 aromatic carbocycles. The van der Waals surface area contributed by atoms with Crippen LogP contribution in [0.3, 0.4) is 0 Å². The van der Waals surface area contributed by atoms with Gasteiger partial charge in [-0.25, -0.2) is 0 Å². The first kappa shape index (κ1) is 13.9. The van der Waals surface area contributed by atoms with Gasteiger partial charge in [0.2, 0.25) is 0 Å². The molecule has 0 atom stereocenters. The highest BCUT2D eigenvalue weighted by molar-refractivity contribution is 6.03. The van der Waals surface area contributed by atoms with Crippen LogP contribution in [0.2, 0.25) is 0 Å². The topological polar surface area (TPSA) is 63.9 Å². The van der Waals surface area contributed by atoms with E-state index in [1.54, 1.807) is 4.68 Å². The quantitative estimate of drug-likeness (QED) is 0.903. The Balaban J connectivity index is 1.79. The zero-order valence-corrected chi connectivity index (χ0v) is 12.5. The molecule has 0 radical (unpaired) electrons. The first-order chi connectivity index (χ1) is 10.1. The molecule has 112 valence electrons. The van der Waals surface area contributed by atoms with E-state index >= 15 is 0 Å². The average molecular weight is 287 g/mol. The molecule has 0 unspecified atom stereocenters. The third kappa shape index (κ3) is 2.85. The van der Waals surface area contributed by atoms with E-state index in [2.05, 4.69) is 20.3 Å². The lowest BCUT2D eigenvalue weighted by Crippen LogP contribution is -2.31. The van der Waals surface area contributed by atoms with Crippen LogP contribution in [0.15, 0.2) is 24.5 Å².